The number of carboxylic acids is 1. The zero-order valence-corrected chi connectivity index (χ0v) is 10.9. The molecule has 6 heteroatoms. The van der Waals surface area contributed by atoms with Crippen molar-refractivity contribution in [3.8, 4) is 0 Å². The number of carbonyl (C=O) groups excluding carboxylic acids is 1. The molecule has 1 amide bonds. The van der Waals surface area contributed by atoms with Gasteiger partial charge in [0.1, 0.15) is 5.82 Å². The lowest BCUT2D eigenvalue weighted by Crippen LogP contribution is -2.30. The average Bonchev–Trinajstić information content (AvgIpc) is 2.86. The van der Waals surface area contributed by atoms with E-state index in [1.165, 1.54) is 0 Å². The molecule has 1 aromatic rings. The number of rotatable bonds is 4. The van der Waals surface area contributed by atoms with Crippen molar-refractivity contribution < 1.29 is 19.1 Å². The number of nitrogens with one attached hydrogen (secondary N) is 1. The topological polar surface area (TPSA) is 92.4 Å². The largest absolute Gasteiger partial charge is 0.478 e. The Hall–Kier alpha value is -1.95. The molecule has 0 aliphatic heterocycles. The lowest BCUT2D eigenvalue weighted by molar-refractivity contribution is -0.120. The molecule has 4 N–H and O–H groups in total. The van der Waals surface area contributed by atoms with Crippen LogP contribution in [0.25, 0.3) is 0 Å². The third-order valence-corrected chi connectivity index (χ3v) is 3.77. The molecule has 0 bridgehead atoms. The SMILES string of the molecule is NCC1CCCC1C(=O)Nc1cc(F)ccc1C(=O)O. The maximum Gasteiger partial charge on any atom is 0.337 e. The molecule has 2 rings (SSSR count). The minimum atomic E-state index is -1.21. The van der Waals surface area contributed by atoms with Gasteiger partial charge >= 0.3 is 5.97 Å². The van der Waals surface area contributed by atoms with Crippen LogP contribution < -0.4 is 11.1 Å². The molecule has 1 saturated carbocycles. The second-order valence-electron chi connectivity index (χ2n) is 5.02. The predicted molar refractivity (Wildman–Crippen MR) is 71.9 cm³/mol. The van der Waals surface area contributed by atoms with E-state index in [1.807, 2.05) is 0 Å². The first kappa shape index (κ1) is 14.5. The van der Waals surface area contributed by atoms with E-state index in [1.54, 1.807) is 0 Å². The van der Waals surface area contributed by atoms with E-state index in [2.05, 4.69) is 5.32 Å². The Labute approximate surface area is 116 Å². The van der Waals surface area contributed by atoms with Crippen LogP contribution in [0.1, 0.15) is 29.6 Å². The highest BCUT2D eigenvalue weighted by Gasteiger charge is 2.32. The molecule has 1 aliphatic carbocycles. The molecule has 1 aromatic carbocycles. The number of halogens is 1. The van der Waals surface area contributed by atoms with Gasteiger partial charge in [-0.1, -0.05) is 6.42 Å². The van der Waals surface area contributed by atoms with Gasteiger partial charge in [0.15, 0.2) is 0 Å². The number of carboxylic acid groups (broad SMARTS) is 1. The number of nitrogens with two attached hydrogens (primary N) is 1. The maximum atomic E-state index is 13.2. The average molecular weight is 280 g/mol. The van der Waals surface area contributed by atoms with E-state index in [0.717, 1.165) is 37.5 Å². The summed E-state index contributed by atoms with van der Waals surface area (Å²) in [7, 11) is 0. The second kappa shape index (κ2) is 6.00. The summed E-state index contributed by atoms with van der Waals surface area (Å²) in [6.07, 6.45) is 2.55. The molecular weight excluding hydrogens is 263 g/mol. The number of aromatic carboxylic acids is 1. The zero-order valence-electron chi connectivity index (χ0n) is 10.9. The van der Waals surface area contributed by atoms with Gasteiger partial charge in [0.25, 0.3) is 0 Å². The molecule has 2 unspecified atom stereocenters. The Balaban J connectivity index is 2.19. The molecule has 1 fully saturated rings. The Morgan fingerprint density at radius 1 is 1.40 bits per heavy atom. The number of carbonyl (C=O) groups is 2. The monoisotopic (exact) mass is 280 g/mol. The first-order valence-corrected chi connectivity index (χ1v) is 6.56. The Bertz CT molecular complexity index is 533. The molecule has 1 aliphatic rings. The van der Waals surface area contributed by atoms with Gasteiger partial charge in [-0.15, -0.1) is 0 Å². The fourth-order valence-electron chi connectivity index (χ4n) is 2.70. The Kier molecular flexibility index (Phi) is 4.34. The van der Waals surface area contributed by atoms with E-state index in [0.29, 0.717) is 6.54 Å². The third kappa shape index (κ3) is 2.96. The highest BCUT2D eigenvalue weighted by molar-refractivity contribution is 6.01. The third-order valence-electron chi connectivity index (χ3n) is 3.77. The van der Waals surface area contributed by atoms with Crippen molar-refractivity contribution in [2.75, 3.05) is 11.9 Å². The Morgan fingerprint density at radius 2 is 2.15 bits per heavy atom. The lowest BCUT2D eigenvalue weighted by Gasteiger charge is -2.18. The summed E-state index contributed by atoms with van der Waals surface area (Å²) in [4.78, 5) is 23.3. The fourth-order valence-corrected chi connectivity index (χ4v) is 2.70. The summed E-state index contributed by atoms with van der Waals surface area (Å²) in [6, 6.07) is 3.22. The van der Waals surface area contributed by atoms with E-state index >= 15 is 0 Å². The minimum absolute atomic E-state index is 0.00910. The van der Waals surface area contributed by atoms with Crippen LogP contribution in [-0.4, -0.2) is 23.5 Å². The quantitative estimate of drug-likeness (QED) is 0.784. The van der Waals surface area contributed by atoms with Crippen LogP contribution >= 0.6 is 0 Å². The van der Waals surface area contributed by atoms with E-state index in [4.69, 9.17) is 10.8 Å². The fraction of sp³-hybridized carbons (Fsp3) is 0.429. The van der Waals surface area contributed by atoms with E-state index < -0.39 is 11.8 Å². The standard InChI is InChI=1S/C14H17FN2O3/c15-9-4-5-11(14(19)20)12(6-9)17-13(18)10-3-1-2-8(10)7-16/h4-6,8,10H,1-3,7,16H2,(H,17,18)(H,19,20). The zero-order chi connectivity index (χ0) is 14.7. The van der Waals surface area contributed by atoms with Gasteiger partial charge in [0.05, 0.1) is 11.3 Å². The molecule has 20 heavy (non-hydrogen) atoms. The van der Waals surface area contributed by atoms with Gasteiger partial charge in [-0.2, -0.15) is 0 Å². The second-order valence-corrected chi connectivity index (χ2v) is 5.02. The minimum Gasteiger partial charge on any atom is -0.478 e. The van der Waals surface area contributed by atoms with Crippen molar-refractivity contribution in [2.24, 2.45) is 17.6 Å². The molecular formula is C14H17FN2O3. The normalized spacial score (nSPS) is 21.7. The van der Waals surface area contributed by atoms with E-state index in [9.17, 15) is 14.0 Å². The van der Waals surface area contributed by atoms with Crippen molar-refractivity contribution in [3.05, 3.63) is 29.6 Å². The van der Waals surface area contributed by atoms with Gasteiger partial charge < -0.3 is 16.2 Å². The molecule has 0 aromatic heterocycles. The highest BCUT2D eigenvalue weighted by Crippen LogP contribution is 2.32. The van der Waals surface area contributed by atoms with Gasteiger partial charge in [-0.05, 0) is 43.5 Å². The van der Waals surface area contributed by atoms with Gasteiger partial charge in [-0.3, -0.25) is 4.79 Å². The van der Waals surface area contributed by atoms with Gasteiger partial charge in [0.2, 0.25) is 5.91 Å². The summed E-state index contributed by atoms with van der Waals surface area (Å²) in [5.74, 6) is -2.21. The van der Waals surface area contributed by atoms with E-state index in [-0.39, 0.29) is 29.0 Å². The summed E-state index contributed by atoms with van der Waals surface area (Å²) in [6.45, 7) is 0.424. The number of hydrogen-bond acceptors (Lipinski definition) is 3. The molecule has 0 heterocycles. The van der Waals surface area contributed by atoms with Crippen LogP contribution in [0.4, 0.5) is 10.1 Å². The van der Waals surface area contributed by atoms with Crippen LogP contribution in [-0.2, 0) is 4.79 Å². The van der Waals surface area contributed by atoms with Crippen LogP contribution in [0.15, 0.2) is 18.2 Å². The summed E-state index contributed by atoms with van der Waals surface area (Å²) in [5.41, 5.74) is 5.49. The smallest absolute Gasteiger partial charge is 0.337 e. The predicted octanol–water partition coefficient (Wildman–Crippen LogP) is 1.84. The highest BCUT2D eigenvalue weighted by atomic mass is 19.1. The summed E-state index contributed by atoms with van der Waals surface area (Å²) >= 11 is 0. The number of hydrogen-bond donors (Lipinski definition) is 3. The van der Waals surface area contributed by atoms with Gasteiger partial charge in [0, 0.05) is 5.92 Å². The van der Waals surface area contributed by atoms with Crippen molar-refractivity contribution in [1.82, 2.24) is 0 Å². The van der Waals surface area contributed by atoms with Crippen LogP contribution in [0.3, 0.4) is 0 Å². The molecule has 5 nitrogen and oxygen atoms in total. The van der Waals surface area contributed by atoms with Crippen molar-refractivity contribution >= 4 is 17.6 Å². The van der Waals surface area contributed by atoms with Crippen LogP contribution in [0.5, 0.6) is 0 Å². The molecule has 108 valence electrons. The van der Waals surface area contributed by atoms with Crippen molar-refractivity contribution in [1.29, 1.82) is 0 Å². The van der Waals surface area contributed by atoms with Gasteiger partial charge in [-0.25, -0.2) is 9.18 Å². The summed E-state index contributed by atoms with van der Waals surface area (Å²) in [5, 5.41) is 11.6. The van der Waals surface area contributed by atoms with Crippen molar-refractivity contribution in [3.63, 3.8) is 0 Å². The Morgan fingerprint density at radius 3 is 2.80 bits per heavy atom. The van der Waals surface area contributed by atoms with Crippen molar-refractivity contribution in [2.45, 2.75) is 19.3 Å². The molecule has 0 radical (unpaired) electrons. The number of anilines is 1. The number of amides is 1. The first-order valence-electron chi connectivity index (χ1n) is 6.56. The maximum absolute atomic E-state index is 13.2. The summed E-state index contributed by atoms with van der Waals surface area (Å²) < 4.78 is 13.2. The molecule has 0 spiro atoms. The molecule has 0 saturated heterocycles. The number of benzene rings is 1. The molecule has 2 atom stereocenters. The first-order chi connectivity index (χ1) is 9.52. The van der Waals surface area contributed by atoms with Crippen LogP contribution in [0.2, 0.25) is 0 Å². The lowest BCUT2D eigenvalue weighted by atomic mass is 9.95. The van der Waals surface area contributed by atoms with Crippen LogP contribution in [0, 0.1) is 17.7 Å².